The fourth-order valence-electron chi connectivity index (χ4n) is 4.28. The highest BCUT2D eigenvalue weighted by Gasteiger charge is 2.26. The third-order valence-corrected chi connectivity index (χ3v) is 6.22. The van der Waals surface area contributed by atoms with Crippen molar-refractivity contribution < 1.29 is 9.53 Å². The first-order valence-electron chi connectivity index (χ1n) is 11.5. The van der Waals surface area contributed by atoms with Crippen molar-refractivity contribution in [2.24, 2.45) is 0 Å². The number of likely N-dealkylation sites (tertiary alicyclic amines) is 1. The van der Waals surface area contributed by atoms with Crippen LogP contribution in [0.1, 0.15) is 92.8 Å². The van der Waals surface area contributed by atoms with Gasteiger partial charge in [-0.15, -0.1) is 0 Å². The van der Waals surface area contributed by atoms with Gasteiger partial charge in [0, 0.05) is 5.56 Å². The highest BCUT2D eigenvalue weighted by Crippen LogP contribution is 2.37. The number of Topliss-reactive ketones (excluding diaryl/α,β-unsaturated/α-hetero) is 1. The van der Waals surface area contributed by atoms with Crippen LogP contribution in [0.2, 0.25) is 0 Å². The van der Waals surface area contributed by atoms with E-state index in [-0.39, 0.29) is 23.7 Å². The average Bonchev–Trinajstić information content (AvgIpc) is 2.77. The molecule has 1 saturated heterocycles. The zero-order chi connectivity index (χ0) is 21.7. The van der Waals surface area contributed by atoms with Crippen molar-refractivity contribution >= 4 is 5.78 Å². The van der Waals surface area contributed by atoms with Crippen LogP contribution in [-0.2, 0) is 6.61 Å². The average molecular weight is 408 g/mol. The summed E-state index contributed by atoms with van der Waals surface area (Å²) in [5, 5.41) is 0. The third kappa shape index (κ3) is 5.31. The van der Waals surface area contributed by atoms with Gasteiger partial charge in [-0.2, -0.15) is 0 Å². The summed E-state index contributed by atoms with van der Waals surface area (Å²) < 4.78 is 6.37. The van der Waals surface area contributed by atoms with E-state index in [9.17, 15) is 4.79 Å². The molecule has 1 fully saturated rings. The predicted octanol–water partition coefficient (Wildman–Crippen LogP) is 6.57. The SMILES string of the molecule is CC(C)c1cc(C(=O)C(C)N2CCCCC2)cc(C(C)C)c1OCc1ccccc1. The molecule has 0 radical (unpaired) electrons. The van der Waals surface area contributed by atoms with E-state index in [0.717, 1.165) is 41.1 Å². The number of carbonyl (C=O) groups excluding carboxylic acids is 1. The molecule has 162 valence electrons. The lowest BCUT2D eigenvalue weighted by Crippen LogP contribution is -2.42. The molecule has 0 N–H and O–H groups in total. The molecule has 0 saturated carbocycles. The molecule has 1 aliphatic rings. The van der Waals surface area contributed by atoms with Crippen molar-refractivity contribution in [3.8, 4) is 5.75 Å². The van der Waals surface area contributed by atoms with Crippen LogP contribution in [0.15, 0.2) is 42.5 Å². The molecule has 0 amide bonds. The number of ether oxygens (including phenoxy) is 1. The molecule has 30 heavy (non-hydrogen) atoms. The van der Waals surface area contributed by atoms with Gasteiger partial charge in [0.25, 0.3) is 0 Å². The quantitative estimate of drug-likeness (QED) is 0.464. The van der Waals surface area contributed by atoms with Gasteiger partial charge >= 0.3 is 0 Å². The monoisotopic (exact) mass is 407 g/mol. The van der Waals surface area contributed by atoms with E-state index >= 15 is 0 Å². The molecule has 1 aliphatic heterocycles. The van der Waals surface area contributed by atoms with E-state index in [1.165, 1.54) is 19.3 Å². The van der Waals surface area contributed by atoms with Crippen molar-refractivity contribution in [3.63, 3.8) is 0 Å². The molecule has 1 heterocycles. The molecular weight excluding hydrogens is 370 g/mol. The normalized spacial score (nSPS) is 16.1. The van der Waals surface area contributed by atoms with Gasteiger partial charge in [-0.05, 0) is 73.5 Å². The van der Waals surface area contributed by atoms with E-state index in [0.29, 0.717) is 6.61 Å². The van der Waals surface area contributed by atoms with Crippen molar-refractivity contribution in [2.45, 2.75) is 78.4 Å². The molecule has 2 aromatic rings. The van der Waals surface area contributed by atoms with Gasteiger partial charge in [0.1, 0.15) is 12.4 Å². The minimum atomic E-state index is -0.0681. The van der Waals surface area contributed by atoms with Gasteiger partial charge in [0.15, 0.2) is 5.78 Å². The Bertz CT molecular complexity index is 806. The Labute approximate surface area is 182 Å². The first-order chi connectivity index (χ1) is 14.4. The van der Waals surface area contributed by atoms with Gasteiger partial charge in [-0.25, -0.2) is 0 Å². The van der Waals surface area contributed by atoms with E-state index in [1.54, 1.807) is 0 Å². The number of carbonyl (C=O) groups is 1. The fraction of sp³-hybridized carbons (Fsp3) is 0.519. The summed E-state index contributed by atoms with van der Waals surface area (Å²) in [6, 6.07) is 14.4. The Morgan fingerprint density at radius 3 is 2.00 bits per heavy atom. The Morgan fingerprint density at radius 2 is 1.47 bits per heavy atom. The summed E-state index contributed by atoms with van der Waals surface area (Å²) >= 11 is 0. The first-order valence-corrected chi connectivity index (χ1v) is 11.5. The molecular formula is C27H37NO2. The van der Waals surface area contributed by atoms with E-state index < -0.39 is 0 Å². The second kappa shape index (κ2) is 10.3. The molecule has 3 rings (SSSR count). The van der Waals surface area contributed by atoms with Crippen LogP contribution in [0, 0.1) is 0 Å². The van der Waals surface area contributed by atoms with Crippen LogP contribution < -0.4 is 4.74 Å². The standard InChI is InChI=1S/C27H37NO2/c1-19(2)24-16-23(26(29)21(5)28-14-10-7-11-15-28)17-25(20(3)4)27(24)30-18-22-12-8-6-9-13-22/h6,8-9,12-13,16-17,19-21H,7,10-11,14-15,18H2,1-5H3. The number of ketones is 1. The Balaban J connectivity index is 1.92. The summed E-state index contributed by atoms with van der Waals surface area (Å²) in [5.74, 6) is 1.75. The second-order valence-corrected chi connectivity index (χ2v) is 9.20. The molecule has 0 aliphatic carbocycles. The molecule has 0 aromatic heterocycles. The van der Waals surface area contributed by atoms with Gasteiger partial charge in [-0.1, -0.05) is 64.4 Å². The molecule has 3 nitrogen and oxygen atoms in total. The molecule has 0 bridgehead atoms. The minimum Gasteiger partial charge on any atom is -0.488 e. The van der Waals surface area contributed by atoms with Crippen molar-refractivity contribution in [1.29, 1.82) is 0 Å². The highest BCUT2D eigenvalue weighted by atomic mass is 16.5. The molecule has 1 unspecified atom stereocenters. The highest BCUT2D eigenvalue weighted by molar-refractivity contribution is 6.00. The summed E-state index contributed by atoms with van der Waals surface area (Å²) in [5.41, 5.74) is 4.24. The third-order valence-electron chi connectivity index (χ3n) is 6.22. The Morgan fingerprint density at radius 1 is 0.900 bits per heavy atom. The van der Waals surface area contributed by atoms with Crippen molar-refractivity contribution in [1.82, 2.24) is 4.90 Å². The fourth-order valence-corrected chi connectivity index (χ4v) is 4.28. The number of benzene rings is 2. The summed E-state index contributed by atoms with van der Waals surface area (Å²) in [7, 11) is 0. The predicted molar refractivity (Wildman–Crippen MR) is 125 cm³/mol. The van der Waals surface area contributed by atoms with E-state index in [1.807, 2.05) is 18.2 Å². The molecule has 2 aromatic carbocycles. The van der Waals surface area contributed by atoms with Crippen LogP contribution in [0.3, 0.4) is 0 Å². The first kappa shape index (κ1) is 22.6. The maximum atomic E-state index is 13.4. The van der Waals surface area contributed by atoms with Gasteiger partial charge in [0.05, 0.1) is 6.04 Å². The largest absolute Gasteiger partial charge is 0.488 e. The maximum Gasteiger partial charge on any atom is 0.179 e. The molecule has 0 spiro atoms. The summed E-state index contributed by atoms with van der Waals surface area (Å²) in [6.45, 7) is 13.4. The number of piperidine rings is 1. The Kier molecular flexibility index (Phi) is 7.71. The zero-order valence-corrected chi connectivity index (χ0v) is 19.3. The topological polar surface area (TPSA) is 29.5 Å². The van der Waals surface area contributed by atoms with Gasteiger partial charge in [-0.3, -0.25) is 9.69 Å². The number of rotatable bonds is 8. The molecule has 1 atom stereocenters. The number of hydrogen-bond donors (Lipinski definition) is 0. The zero-order valence-electron chi connectivity index (χ0n) is 19.3. The second-order valence-electron chi connectivity index (χ2n) is 9.20. The van der Waals surface area contributed by atoms with Crippen LogP contribution in [0.5, 0.6) is 5.75 Å². The van der Waals surface area contributed by atoms with E-state index in [4.69, 9.17) is 4.74 Å². The summed E-state index contributed by atoms with van der Waals surface area (Å²) in [6.07, 6.45) is 3.66. The minimum absolute atomic E-state index is 0.0681. The Hall–Kier alpha value is -2.13. The van der Waals surface area contributed by atoms with Gasteiger partial charge < -0.3 is 4.74 Å². The van der Waals surface area contributed by atoms with Crippen LogP contribution in [0.4, 0.5) is 0 Å². The van der Waals surface area contributed by atoms with Crippen LogP contribution >= 0.6 is 0 Å². The smallest absolute Gasteiger partial charge is 0.179 e. The number of nitrogens with zero attached hydrogens (tertiary/aromatic N) is 1. The van der Waals surface area contributed by atoms with Gasteiger partial charge in [0.2, 0.25) is 0 Å². The van der Waals surface area contributed by atoms with Crippen LogP contribution in [0.25, 0.3) is 0 Å². The lowest BCUT2D eigenvalue weighted by molar-refractivity contribution is 0.0808. The van der Waals surface area contributed by atoms with Crippen LogP contribution in [-0.4, -0.2) is 29.8 Å². The molecule has 3 heteroatoms. The van der Waals surface area contributed by atoms with E-state index in [2.05, 4.69) is 63.8 Å². The van der Waals surface area contributed by atoms with Crippen molar-refractivity contribution in [3.05, 3.63) is 64.7 Å². The lowest BCUT2D eigenvalue weighted by Gasteiger charge is -2.32. The van der Waals surface area contributed by atoms with Crippen molar-refractivity contribution in [2.75, 3.05) is 13.1 Å². The lowest BCUT2D eigenvalue weighted by atomic mass is 9.89. The summed E-state index contributed by atoms with van der Waals surface area (Å²) in [4.78, 5) is 15.7. The maximum absolute atomic E-state index is 13.4. The number of hydrogen-bond acceptors (Lipinski definition) is 3.